The van der Waals surface area contributed by atoms with E-state index in [1.165, 1.54) is 12.5 Å². The second-order valence-corrected chi connectivity index (χ2v) is 7.16. The van der Waals surface area contributed by atoms with Crippen LogP contribution >= 0.6 is 0 Å². The number of hydrogen-bond acceptors (Lipinski definition) is 3. The molecule has 132 valence electrons. The number of rotatable bonds is 5. The first-order valence-electron chi connectivity index (χ1n) is 8.36. The molecule has 0 saturated heterocycles. The number of ether oxygens (including phenoxy) is 1. The first-order chi connectivity index (χ1) is 11.7. The Labute approximate surface area is 149 Å². The molecule has 0 bridgehead atoms. The Morgan fingerprint density at radius 3 is 2.24 bits per heavy atom. The molecule has 25 heavy (non-hydrogen) atoms. The fraction of sp³-hybridized carbons (Fsp3) is 0.333. The Hall–Kier alpha value is -2.62. The van der Waals surface area contributed by atoms with Crippen LogP contribution in [0.15, 0.2) is 48.5 Å². The molecular weight excluding hydrogens is 314 g/mol. The highest BCUT2D eigenvalue weighted by Crippen LogP contribution is 2.24. The van der Waals surface area contributed by atoms with Crippen LogP contribution in [0.25, 0.3) is 0 Å². The molecule has 2 aromatic carbocycles. The zero-order valence-electron chi connectivity index (χ0n) is 15.4. The van der Waals surface area contributed by atoms with E-state index in [0.29, 0.717) is 17.0 Å². The summed E-state index contributed by atoms with van der Waals surface area (Å²) in [5.74, 6) is 0.341. The van der Waals surface area contributed by atoms with Gasteiger partial charge in [-0.05, 0) is 49.1 Å². The Bertz CT molecular complexity index is 757. The predicted molar refractivity (Wildman–Crippen MR) is 100 cm³/mol. The third-order valence-corrected chi connectivity index (χ3v) is 3.94. The average Bonchev–Trinajstić information content (AvgIpc) is 2.54. The quantitative estimate of drug-likeness (QED) is 0.810. The van der Waals surface area contributed by atoms with Crippen molar-refractivity contribution in [2.24, 2.45) is 0 Å². The van der Waals surface area contributed by atoms with E-state index in [-0.39, 0.29) is 17.1 Å². The van der Waals surface area contributed by atoms with Gasteiger partial charge in [-0.15, -0.1) is 0 Å². The minimum Gasteiger partial charge on any atom is -0.481 e. The summed E-state index contributed by atoms with van der Waals surface area (Å²) in [6, 6.07) is 14.6. The molecule has 0 aliphatic heterocycles. The summed E-state index contributed by atoms with van der Waals surface area (Å²) < 4.78 is 5.71. The molecule has 4 heteroatoms. The van der Waals surface area contributed by atoms with Gasteiger partial charge >= 0.3 is 0 Å². The highest BCUT2D eigenvalue weighted by molar-refractivity contribution is 5.98. The standard InChI is InChI=1S/C21H25NO3/c1-14(23)16-7-6-8-18(13-16)22-20(24)15(2)25-19-11-9-17(10-12-19)21(3,4)5/h6-13,15H,1-5H3,(H,22,24). The van der Waals surface area contributed by atoms with Gasteiger partial charge in [0.2, 0.25) is 0 Å². The van der Waals surface area contributed by atoms with Gasteiger partial charge in [0.15, 0.2) is 11.9 Å². The summed E-state index contributed by atoms with van der Waals surface area (Å²) in [5.41, 5.74) is 2.42. The summed E-state index contributed by atoms with van der Waals surface area (Å²) >= 11 is 0. The molecule has 2 aromatic rings. The zero-order valence-corrected chi connectivity index (χ0v) is 15.4. The molecule has 1 unspecified atom stereocenters. The van der Waals surface area contributed by atoms with Gasteiger partial charge in [0.1, 0.15) is 5.75 Å². The predicted octanol–water partition coefficient (Wildman–Crippen LogP) is 4.59. The number of nitrogens with one attached hydrogen (secondary N) is 1. The number of amides is 1. The van der Waals surface area contributed by atoms with Crippen LogP contribution in [0, 0.1) is 0 Å². The number of anilines is 1. The monoisotopic (exact) mass is 339 g/mol. The second kappa shape index (κ2) is 7.51. The number of carbonyl (C=O) groups excluding carboxylic acids is 2. The van der Waals surface area contributed by atoms with Crippen LogP contribution in [-0.2, 0) is 10.2 Å². The van der Waals surface area contributed by atoms with Crippen LogP contribution < -0.4 is 10.1 Å². The molecule has 0 aromatic heterocycles. The van der Waals surface area contributed by atoms with Crippen LogP contribution in [0.4, 0.5) is 5.69 Å². The minimum absolute atomic E-state index is 0.0423. The molecule has 0 spiro atoms. The van der Waals surface area contributed by atoms with Crippen molar-refractivity contribution in [3.8, 4) is 5.75 Å². The fourth-order valence-corrected chi connectivity index (χ4v) is 2.35. The summed E-state index contributed by atoms with van der Waals surface area (Å²) in [6.07, 6.45) is -0.651. The van der Waals surface area contributed by atoms with Gasteiger partial charge in [0, 0.05) is 11.3 Å². The average molecular weight is 339 g/mol. The highest BCUT2D eigenvalue weighted by Gasteiger charge is 2.17. The smallest absolute Gasteiger partial charge is 0.265 e. The molecular formula is C21H25NO3. The summed E-state index contributed by atoms with van der Waals surface area (Å²) in [4.78, 5) is 23.7. The molecule has 0 fully saturated rings. The summed E-state index contributed by atoms with van der Waals surface area (Å²) in [6.45, 7) is 9.63. The van der Waals surface area contributed by atoms with Gasteiger partial charge < -0.3 is 10.1 Å². The van der Waals surface area contributed by atoms with E-state index in [1.807, 2.05) is 24.3 Å². The topological polar surface area (TPSA) is 55.4 Å². The van der Waals surface area contributed by atoms with Crippen LogP contribution in [-0.4, -0.2) is 17.8 Å². The van der Waals surface area contributed by atoms with E-state index in [9.17, 15) is 9.59 Å². The van der Waals surface area contributed by atoms with Crippen LogP contribution in [0.5, 0.6) is 5.75 Å². The van der Waals surface area contributed by atoms with Gasteiger partial charge in [0.25, 0.3) is 5.91 Å². The molecule has 1 atom stereocenters. The van der Waals surface area contributed by atoms with Gasteiger partial charge in [-0.2, -0.15) is 0 Å². The lowest BCUT2D eigenvalue weighted by Crippen LogP contribution is -2.30. The molecule has 0 heterocycles. The van der Waals surface area contributed by atoms with Crippen molar-refractivity contribution in [2.45, 2.75) is 46.1 Å². The number of carbonyl (C=O) groups is 2. The lowest BCUT2D eigenvalue weighted by molar-refractivity contribution is -0.122. The third kappa shape index (κ3) is 5.18. The molecule has 0 radical (unpaired) electrons. The molecule has 4 nitrogen and oxygen atoms in total. The Morgan fingerprint density at radius 2 is 1.68 bits per heavy atom. The maximum absolute atomic E-state index is 12.3. The highest BCUT2D eigenvalue weighted by atomic mass is 16.5. The molecule has 0 aliphatic carbocycles. The van der Waals surface area contributed by atoms with Crippen molar-refractivity contribution in [1.82, 2.24) is 0 Å². The van der Waals surface area contributed by atoms with Crippen LogP contribution in [0.2, 0.25) is 0 Å². The second-order valence-electron chi connectivity index (χ2n) is 7.16. The lowest BCUT2D eigenvalue weighted by atomic mass is 9.87. The SMILES string of the molecule is CC(=O)c1cccc(NC(=O)C(C)Oc2ccc(C(C)(C)C)cc2)c1. The van der Waals surface area contributed by atoms with Crippen LogP contribution in [0.3, 0.4) is 0 Å². The largest absolute Gasteiger partial charge is 0.481 e. The van der Waals surface area contributed by atoms with E-state index >= 15 is 0 Å². The molecule has 2 rings (SSSR count). The number of Topliss-reactive ketones (excluding diaryl/α,β-unsaturated/α-hetero) is 1. The summed E-state index contributed by atoms with van der Waals surface area (Å²) in [7, 11) is 0. The molecule has 0 aliphatic rings. The van der Waals surface area contributed by atoms with Gasteiger partial charge in [-0.25, -0.2) is 0 Å². The van der Waals surface area contributed by atoms with Crippen molar-refractivity contribution in [2.75, 3.05) is 5.32 Å². The first kappa shape index (κ1) is 18.7. The van der Waals surface area contributed by atoms with Crippen molar-refractivity contribution in [1.29, 1.82) is 0 Å². The van der Waals surface area contributed by atoms with E-state index in [0.717, 1.165) is 0 Å². The van der Waals surface area contributed by atoms with Crippen molar-refractivity contribution >= 4 is 17.4 Å². The minimum atomic E-state index is -0.651. The summed E-state index contributed by atoms with van der Waals surface area (Å²) in [5, 5.41) is 2.78. The van der Waals surface area contributed by atoms with Crippen LogP contribution in [0.1, 0.15) is 50.5 Å². The van der Waals surface area contributed by atoms with Gasteiger partial charge in [-0.1, -0.05) is 45.0 Å². The van der Waals surface area contributed by atoms with Crippen molar-refractivity contribution in [3.05, 3.63) is 59.7 Å². The van der Waals surface area contributed by atoms with E-state index in [4.69, 9.17) is 4.74 Å². The van der Waals surface area contributed by atoms with Gasteiger partial charge in [0.05, 0.1) is 0 Å². The van der Waals surface area contributed by atoms with Gasteiger partial charge in [-0.3, -0.25) is 9.59 Å². The number of ketones is 1. The number of benzene rings is 2. The normalized spacial score (nSPS) is 12.4. The Balaban J connectivity index is 2.00. The maximum atomic E-state index is 12.3. The maximum Gasteiger partial charge on any atom is 0.265 e. The third-order valence-electron chi connectivity index (χ3n) is 3.94. The van der Waals surface area contributed by atoms with Crippen molar-refractivity contribution < 1.29 is 14.3 Å². The van der Waals surface area contributed by atoms with Crippen molar-refractivity contribution in [3.63, 3.8) is 0 Å². The fourth-order valence-electron chi connectivity index (χ4n) is 2.35. The van der Waals surface area contributed by atoms with E-state index in [2.05, 4.69) is 26.1 Å². The lowest BCUT2D eigenvalue weighted by Gasteiger charge is -2.20. The van der Waals surface area contributed by atoms with E-state index < -0.39 is 6.10 Å². The Morgan fingerprint density at radius 1 is 1.04 bits per heavy atom. The number of hydrogen-bond donors (Lipinski definition) is 1. The Kier molecular flexibility index (Phi) is 5.62. The molecule has 0 saturated carbocycles. The molecule has 1 N–H and O–H groups in total. The first-order valence-corrected chi connectivity index (χ1v) is 8.36. The molecule has 1 amide bonds. The van der Waals surface area contributed by atoms with E-state index in [1.54, 1.807) is 31.2 Å². The zero-order chi connectivity index (χ0) is 18.6.